The van der Waals surface area contributed by atoms with E-state index in [1.807, 2.05) is 35.2 Å². The Hall–Kier alpha value is -3.85. The van der Waals surface area contributed by atoms with Gasteiger partial charge in [0.25, 0.3) is 5.91 Å². The molecule has 35 heavy (non-hydrogen) atoms. The lowest BCUT2D eigenvalue weighted by molar-refractivity contribution is -0.131. The Labute approximate surface area is 206 Å². The van der Waals surface area contributed by atoms with Gasteiger partial charge in [0.15, 0.2) is 5.82 Å². The van der Waals surface area contributed by atoms with Crippen LogP contribution in [0.5, 0.6) is 0 Å². The minimum absolute atomic E-state index is 0.0446. The zero-order valence-corrected chi connectivity index (χ0v) is 19.7. The molecule has 0 unspecified atom stereocenters. The second kappa shape index (κ2) is 10.2. The Morgan fingerprint density at radius 1 is 1.09 bits per heavy atom. The molecular formula is C26H24FN5O2S. The Balaban J connectivity index is 1.14. The Morgan fingerprint density at radius 3 is 2.57 bits per heavy atom. The number of amides is 2. The summed E-state index contributed by atoms with van der Waals surface area (Å²) >= 11 is 1.47. The maximum atomic E-state index is 13.1. The highest BCUT2D eigenvalue weighted by molar-refractivity contribution is 7.10. The van der Waals surface area contributed by atoms with E-state index in [0.717, 1.165) is 34.7 Å². The predicted molar refractivity (Wildman–Crippen MR) is 133 cm³/mol. The molecule has 1 aliphatic heterocycles. The van der Waals surface area contributed by atoms with Crippen molar-refractivity contribution in [1.82, 2.24) is 20.1 Å². The minimum Gasteiger partial charge on any atom is -0.342 e. The number of anilines is 1. The van der Waals surface area contributed by atoms with Crippen molar-refractivity contribution in [3.63, 3.8) is 0 Å². The number of hydrogen-bond donors (Lipinski definition) is 2. The van der Waals surface area contributed by atoms with Gasteiger partial charge in [-0.1, -0.05) is 42.5 Å². The summed E-state index contributed by atoms with van der Waals surface area (Å²) in [4.78, 5) is 31.7. The van der Waals surface area contributed by atoms with Crippen molar-refractivity contribution in [3.8, 4) is 11.3 Å². The molecule has 1 fully saturated rings. The molecule has 2 amide bonds. The van der Waals surface area contributed by atoms with Gasteiger partial charge in [-0.05, 0) is 36.1 Å². The van der Waals surface area contributed by atoms with Gasteiger partial charge in [-0.3, -0.25) is 14.7 Å². The molecule has 1 aliphatic rings. The van der Waals surface area contributed by atoms with Crippen LogP contribution in [-0.2, 0) is 11.2 Å². The number of aromatic amines is 1. The highest BCUT2D eigenvalue weighted by Gasteiger charge is 2.26. The SMILES string of the molecule is O=C(Nc1cc(-c2ccccc2)[nH]n1)c1csc(C2CCN(C(=O)Cc3ccc(F)cc3)CC2)n1. The number of halogens is 1. The lowest BCUT2D eigenvalue weighted by Crippen LogP contribution is -2.38. The molecular weight excluding hydrogens is 465 g/mol. The Morgan fingerprint density at radius 2 is 1.83 bits per heavy atom. The van der Waals surface area contributed by atoms with Gasteiger partial charge >= 0.3 is 0 Å². The third kappa shape index (κ3) is 5.46. The fourth-order valence-corrected chi connectivity index (χ4v) is 5.15. The zero-order valence-electron chi connectivity index (χ0n) is 18.9. The summed E-state index contributed by atoms with van der Waals surface area (Å²) in [5.74, 6) is 0.0938. The normalized spacial score (nSPS) is 14.1. The maximum Gasteiger partial charge on any atom is 0.276 e. The number of rotatable bonds is 6. The van der Waals surface area contributed by atoms with Crippen molar-refractivity contribution in [3.05, 3.63) is 88.1 Å². The fourth-order valence-electron chi connectivity index (χ4n) is 4.18. The second-order valence-corrected chi connectivity index (χ2v) is 9.41. The lowest BCUT2D eigenvalue weighted by Gasteiger charge is -2.31. The molecule has 4 aromatic rings. The van der Waals surface area contributed by atoms with Crippen LogP contribution in [0.2, 0.25) is 0 Å². The first-order valence-corrected chi connectivity index (χ1v) is 12.3. The molecule has 0 bridgehead atoms. The third-order valence-electron chi connectivity index (χ3n) is 6.12. The molecule has 1 saturated heterocycles. The number of piperidine rings is 1. The van der Waals surface area contributed by atoms with Gasteiger partial charge in [0, 0.05) is 30.5 Å². The number of carbonyl (C=O) groups excluding carboxylic acids is 2. The van der Waals surface area contributed by atoms with Crippen molar-refractivity contribution in [2.75, 3.05) is 18.4 Å². The van der Waals surface area contributed by atoms with Crippen molar-refractivity contribution >= 4 is 29.0 Å². The first-order valence-electron chi connectivity index (χ1n) is 11.4. The molecule has 0 saturated carbocycles. The number of nitrogens with one attached hydrogen (secondary N) is 2. The molecule has 178 valence electrons. The summed E-state index contributed by atoms with van der Waals surface area (Å²) in [5.41, 5.74) is 2.98. The van der Waals surface area contributed by atoms with Gasteiger partial charge < -0.3 is 10.2 Å². The van der Waals surface area contributed by atoms with Crippen LogP contribution in [0.4, 0.5) is 10.2 Å². The summed E-state index contributed by atoms with van der Waals surface area (Å²) in [6, 6.07) is 17.6. The molecule has 0 atom stereocenters. The summed E-state index contributed by atoms with van der Waals surface area (Å²) in [7, 11) is 0. The van der Waals surface area contributed by atoms with E-state index in [1.165, 1.54) is 23.5 Å². The summed E-state index contributed by atoms with van der Waals surface area (Å²) in [6.07, 6.45) is 1.86. The second-order valence-electron chi connectivity index (χ2n) is 8.52. The molecule has 2 aromatic carbocycles. The van der Waals surface area contributed by atoms with E-state index in [-0.39, 0.29) is 30.0 Å². The molecule has 2 N–H and O–H groups in total. The van der Waals surface area contributed by atoms with Gasteiger partial charge in [-0.15, -0.1) is 11.3 Å². The smallest absolute Gasteiger partial charge is 0.276 e. The van der Waals surface area contributed by atoms with Gasteiger partial charge in [-0.2, -0.15) is 5.10 Å². The maximum absolute atomic E-state index is 13.1. The van der Waals surface area contributed by atoms with E-state index in [2.05, 4.69) is 20.5 Å². The van der Waals surface area contributed by atoms with E-state index in [0.29, 0.717) is 24.6 Å². The van der Waals surface area contributed by atoms with Crippen LogP contribution < -0.4 is 5.32 Å². The van der Waals surface area contributed by atoms with Gasteiger partial charge in [0.05, 0.1) is 17.1 Å². The van der Waals surface area contributed by atoms with E-state index in [9.17, 15) is 14.0 Å². The Bertz CT molecular complexity index is 1310. The minimum atomic E-state index is -0.306. The molecule has 2 aromatic heterocycles. The van der Waals surface area contributed by atoms with Crippen LogP contribution in [0.1, 0.15) is 39.8 Å². The first kappa shape index (κ1) is 22.9. The van der Waals surface area contributed by atoms with Crippen molar-refractivity contribution < 1.29 is 14.0 Å². The van der Waals surface area contributed by atoms with Crippen molar-refractivity contribution in [1.29, 1.82) is 0 Å². The van der Waals surface area contributed by atoms with E-state index in [4.69, 9.17) is 0 Å². The Kier molecular flexibility index (Phi) is 6.67. The third-order valence-corrected chi connectivity index (χ3v) is 7.13. The highest BCUT2D eigenvalue weighted by Crippen LogP contribution is 2.31. The number of thiazole rings is 1. The van der Waals surface area contributed by atoms with Crippen LogP contribution in [0.25, 0.3) is 11.3 Å². The average molecular weight is 490 g/mol. The van der Waals surface area contributed by atoms with E-state index >= 15 is 0 Å². The molecule has 0 spiro atoms. The molecule has 3 heterocycles. The molecule has 0 aliphatic carbocycles. The van der Waals surface area contributed by atoms with Crippen molar-refractivity contribution in [2.45, 2.75) is 25.2 Å². The quantitative estimate of drug-likeness (QED) is 0.404. The first-order chi connectivity index (χ1) is 17.0. The number of aromatic nitrogens is 3. The van der Waals surface area contributed by atoms with Crippen LogP contribution in [0.3, 0.4) is 0 Å². The topological polar surface area (TPSA) is 91.0 Å². The predicted octanol–water partition coefficient (Wildman–Crippen LogP) is 4.87. The monoisotopic (exact) mass is 489 g/mol. The van der Waals surface area contributed by atoms with Crippen LogP contribution in [0, 0.1) is 5.82 Å². The van der Waals surface area contributed by atoms with Crippen molar-refractivity contribution in [2.24, 2.45) is 0 Å². The van der Waals surface area contributed by atoms with E-state index < -0.39 is 0 Å². The number of likely N-dealkylation sites (tertiary alicyclic amines) is 1. The highest BCUT2D eigenvalue weighted by atomic mass is 32.1. The summed E-state index contributed by atoms with van der Waals surface area (Å²) < 4.78 is 13.1. The van der Waals surface area contributed by atoms with Gasteiger partial charge in [-0.25, -0.2) is 9.37 Å². The molecule has 0 radical (unpaired) electrons. The number of benzene rings is 2. The van der Waals surface area contributed by atoms with Crippen LogP contribution in [0.15, 0.2) is 66.0 Å². The van der Waals surface area contributed by atoms with Crippen LogP contribution in [-0.4, -0.2) is 45.0 Å². The number of carbonyl (C=O) groups is 2. The zero-order chi connectivity index (χ0) is 24.2. The molecule has 5 rings (SSSR count). The fraction of sp³-hybridized carbons (Fsp3) is 0.231. The van der Waals surface area contributed by atoms with Gasteiger partial charge in [0.1, 0.15) is 11.5 Å². The summed E-state index contributed by atoms with van der Waals surface area (Å²) in [6.45, 7) is 1.28. The molecule has 7 nitrogen and oxygen atoms in total. The summed E-state index contributed by atoms with van der Waals surface area (Å²) in [5, 5.41) is 12.6. The lowest BCUT2D eigenvalue weighted by atomic mass is 9.97. The number of hydrogen-bond acceptors (Lipinski definition) is 5. The van der Waals surface area contributed by atoms with E-state index in [1.54, 1.807) is 23.6 Å². The molecule has 9 heteroatoms. The number of nitrogens with zero attached hydrogens (tertiary/aromatic N) is 3. The standard InChI is InChI=1S/C26H24FN5O2S/c27-20-8-6-17(7-9-20)14-24(33)32-12-10-19(11-13-32)26-28-22(16-35-26)25(34)29-23-15-21(30-31-23)18-4-2-1-3-5-18/h1-9,15-16,19H,10-14H2,(H2,29,30,31,34). The number of H-pyrrole nitrogens is 1. The average Bonchev–Trinajstić information content (AvgIpc) is 3.56. The van der Waals surface area contributed by atoms with Crippen LogP contribution >= 0.6 is 11.3 Å². The van der Waals surface area contributed by atoms with Gasteiger partial charge in [0.2, 0.25) is 5.91 Å². The largest absolute Gasteiger partial charge is 0.342 e.